The lowest BCUT2D eigenvalue weighted by Crippen LogP contribution is -2.11. The van der Waals surface area contributed by atoms with Crippen LogP contribution in [0, 0.1) is 0 Å². The van der Waals surface area contributed by atoms with Crippen LogP contribution in [0.3, 0.4) is 0 Å². The number of rotatable bonds is 5. The van der Waals surface area contributed by atoms with E-state index in [1.807, 2.05) is 25.5 Å². The van der Waals surface area contributed by atoms with Crippen LogP contribution in [-0.2, 0) is 6.42 Å². The van der Waals surface area contributed by atoms with Crippen LogP contribution in [0.2, 0.25) is 0 Å². The summed E-state index contributed by atoms with van der Waals surface area (Å²) in [5.41, 5.74) is 2.19. The van der Waals surface area contributed by atoms with Gasteiger partial charge in [0.05, 0.1) is 11.7 Å². The highest BCUT2D eigenvalue weighted by molar-refractivity contribution is 5.74. The first kappa shape index (κ1) is 12.0. The first-order valence-electron chi connectivity index (χ1n) is 6.19. The zero-order valence-electron chi connectivity index (χ0n) is 10.8. The number of nitrogens with zero attached hydrogens (tertiary/aromatic N) is 3. The third-order valence-corrected chi connectivity index (χ3v) is 2.91. The Morgan fingerprint density at radius 3 is 2.94 bits per heavy atom. The van der Waals surface area contributed by atoms with Crippen LogP contribution in [0.1, 0.15) is 32.1 Å². The second-order valence-electron chi connectivity index (χ2n) is 4.56. The third-order valence-electron chi connectivity index (χ3n) is 2.91. The minimum absolute atomic E-state index is 0.437. The summed E-state index contributed by atoms with van der Waals surface area (Å²) in [6, 6.07) is 2.48. The van der Waals surface area contributed by atoms with E-state index in [0.717, 1.165) is 24.9 Å². The van der Waals surface area contributed by atoms with E-state index in [9.17, 15) is 0 Å². The van der Waals surface area contributed by atoms with Crippen molar-refractivity contribution in [1.82, 2.24) is 19.9 Å². The smallest absolute Gasteiger partial charge is 0.110 e. The van der Waals surface area contributed by atoms with Crippen LogP contribution in [0.15, 0.2) is 18.5 Å². The van der Waals surface area contributed by atoms with E-state index in [0.29, 0.717) is 6.04 Å². The molecule has 2 heterocycles. The normalized spacial score (nSPS) is 11.5. The molecule has 0 atom stereocenters. The van der Waals surface area contributed by atoms with E-state index in [1.54, 1.807) is 0 Å². The third kappa shape index (κ3) is 2.47. The van der Waals surface area contributed by atoms with Crippen molar-refractivity contribution in [3.05, 3.63) is 24.3 Å². The van der Waals surface area contributed by atoms with Gasteiger partial charge in [-0.15, -0.1) is 0 Å². The van der Waals surface area contributed by atoms with Gasteiger partial charge in [0.1, 0.15) is 11.3 Å². The summed E-state index contributed by atoms with van der Waals surface area (Å²) < 4.78 is 2.31. The molecular formula is C13H20N4. The molecule has 0 aliphatic rings. The van der Waals surface area contributed by atoms with Gasteiger partial charge in [0.2, 0.25) is 0 Å². The molecule has 0 aliphatic heterocycles. The molecule has 0 radical (unpaired) electrons. The van der Waals surface area contributed by atoms with E-state index in [1.165, 1.54) is 11.3 Å². The summed E-state index contributed by atoms with van der Waals surface area (Å²) in [7, 11) is 1.98. The Balaban J connectivity index is 2.36. The number of fused-ring (bicyclic) bond motifs is 1. The molecule has 0 bridgehead atoms. The summed E-state index contributed by atoms with van der Waals surface area (Å²) in [5, 5.41) is 3.17. The maximum atomic E-state index is 4.68. The largest absolute Gasteiger partial charge is 0.325 e. The van der Waals surface area contributed by atoms with Crippen molar-refractivity contribution in [2.24, 2.45) is 0 Å². The van der Waals surface area contributed by atoms with Gasteiger partial charge in [-0.1, -0.05) is 0 Å². The predicted molar refractivity (Wildman–Crippen MR) is 70.2 cm³/mol. The summed E-state index contributed by atoms with van der Waals surface area (Å²) >= 11 is 0. The Kier molecular flexibility index (Phi) is 3.74. The number of hydrogen-bond acceptors (Lipinski definition) is 3. The fourth-order valence-electron chi connectivity index (χ4n) is 2.18. The average molecular weight is 232 g/mol. The van der Waals surface area contributed by atoms with Crippen LogP contribution in [0.5, 0.6) is 0 Å². The number of aromatic nitrogens is 3. The minimum atomic E-state index is 0.437. The molecule has 2 rings (SSSR count). The van der Waals surface area contributed by atoms with Gasteiger partial charge in [-0.3, -0.25) is 4.98 Å². The van der Waals surface area contributed by atoms with E-state index in [-0.39, 0.29) is 0 Å². The molecule has 4 nitrogen and oxygen atoms in total. The van der Waals surface area contributed by atoms with Gasteiger partial charge in [0.25, 0.3) is 0 Å². The van der Waals surface area contributed by atoms with Crippen LogP contribution in [0.25, 0.3) is 11.0 Å². The highest BCUT2D eigenvalue weighted by Gasteiger charge is 2.12. The van der Waals surface area contributed by atoms with Crippen molar-refractivity contribution in [3.63, 3.8) is 0 Å². The lowest BCUT2D eigenvalue weighted by molar-refractivity contribution is 0.571. The fraction of sp³-hybridized carbons (Fsp3) is 0.538. The van der Waals surface area contributed by atoms with Crippen LogP contribution >= 0.6 is 0 Å². The molecular weight excluding hydrogens is 212 g/mol. The van der Waals surface area contributed by atoms with E-state index < -0.39 is 0 Å². The second-order valence-corrected chi connectivity index (χ2v) is 4.56. The van der Waals surface area contributed by atoms with Crippen molar-refractivity contribution in [2.45, 2.75) is 32.7 Å². The minimum Gasteiger partial charge on any atom is -0.325 e. The molecule has 92 valence electrons. The molecule has 0 unspecified atom stereocenters. The summed E-state index contributed by atoms with van der Waals surface area (Å²) in [4.78, 5) is 8.81. The van der Waals surface area contributed by atoms with Gasteiger partial charge >= 0.3 is 0 Å². The molecule has 0 saturated carbocycles. The van der Waals surface area contributed by atoms with Crippen LogP contribution in [-0.4, -0.2) is 28.1 Å². The number of nitrogens with one attached hydrogen (secondary N) is 1. The summed E-state index contributed by atoms with van der Waals surface area (Å²) in [6.45, 7) is 5.42. The predicted octanol–water partition coefficient (Wildman–Crippen LogP) is 2.16. The topological polar surface area (TPSA) is 42.7 Å². The highest BCUT2D eigenvalue weighted by Crippen LogP contribution is 2.20. The number of imidazole rings is 1. The second kappa shape index (κ2) is 5.27. The maximum absolute atomic E-state index is 4.68. The van der Waals surface area contributed by atoms with E-state index >= 15 is 0 Å². The van der Waals surface area contributed by atoms with Gasteiger partial charge in [0, 0.05) is 18.7 Å². The highest BCUT2D eigenvalue weighted by atomic mass is 15.1. The lowest BCUT2D eigenvalue weighted by atomic mass is 10.2. The number of aryl methyl sites for hydroxylation is 1. The Hall–Kier alpha value is -1.42. The Labute approximate surface area is 102 Å². The molecule has 0 aromatic carbocycles. The van der Waals surface area contributed by atoms with Gasteiger partial charge < -0.3 is 9.88 Å². The lowest BCUT2D eigenvalue weighted by Gasteiger charge is -2.12. The monoisotopic (exact) mass is 232 g/mol. The summed E-state index contributed by atoms with van der Waals surface area (Å²) in [6.07, 6.45) is 5.80. The zero-order valence-corrected chi connectivity index (χ0v) is 10.8. The van der Waals surface area contributed by atoms with E-state index in [4.69, 9.17) is 0 Å². The number of pyridine rings is 1. The molecule has 4 heteroatoms. The molecule has 1 N–H and O–H groups in total. The first-order valence-corrected chi connectivity index (χ1v) is 6.19. The van der Waals surface area contributed by atoms with Gasteiger partial charge in [-0.25, -0.2) is 4.98 Å². The SMILES string of the molecule is CNCCCc1nc2cnccc2n1C(C)C. The van der Waals surface area contributed by atoms with Crippen LogP contribution in [0.4, 0.5) is 0 Å². The summed E-state index contributed by atoms with van der Waals surface area (Å²) in [5.74, 6) is 1.17. The molecule has 0 spiro atoms. The van der Waals surface area contributed by atoms with Crippen molar-refractivity contribution in [2.75, 3.05) is 13.6 Å². The van der Waals surface area contributed by atoms with Gasteiger partial charge in [0.15, 0.2) is 0 Å². The Bertz CT molecular complexity index is 487. The Morgan fingerprint density at radius 1 is 1.41 bits per heavy atom. The average Bonchev–Trinajstić information content (AvgIpc) is 2.67. The fourth-order valence-corrected chi connectivity index (χ4v) is 2.18. The zero-order chi connectivity index (χ0) is 12.3. The first-order chi connectivity index (χ1) is 8.24. The molecule has 0 saturated heterocycles. The van der Waals surface area contributed by atoms with Crippen molar-refractivity contribution in [3.8, 4) is 0 Å². The molecule has 0 amide bonds. The molecule has 2 aromatic heterocycles. The van der Waals surface area contributed by atoms with Crippen LogP contribution < -0.4 is 5.32 Å². The molecule has 2 aromatic rings. The number of hydrogen-bond donors (Lipinski definition) is 1. The van der Waals surface area contributed by atoms with E-state index in [2.05, 4.69) is 33.7 Å². The maximum Gasteiger partial charge on any atom is 0.110 e. The van der Waals surface area contributed by atoms with Gasteiger partial charge in [-0.05, 0) is 39.9 Å². The molecule has 0 aliphatic carbocycles. The van der Waals surface area contributed by atoms with Crippen molar-refractivity contribution >= 4 is 11.0 Å². The van der Waals surface area contributed by atoms with Crippen molar-refractivity contribution < 1.29 is 0 Å². The standard InChI is InChI=1S/C13H20N4/c1-10(2)17-12-6-8-15-9-11(12)16-13(17)5-4-7-14-3/h6,8-10,14H,4-5,7H2,1-3H3. The molecule has 0 fully saturated rings. The Morgan fingerprint density at radius 2 is 2.24 bits per heavy atom. The molecule has 17 heavy (non-hydrogen) atoms. The quantitative estimate of drug-likeness (QED) is 0.803. The van der Waals surface area contributed by atoms with Gasteiger partial charge in [-0.2, -0.15) is 0 Å². The van der Waals surface area contributed by atoms with Crippen molar-refractivity contribution in [1.29, 1.82) is 0 Å².